The summed E-state index contributed by atoms with van der Waals surface area (Å²) in [6.07, 6.45) is 10.9. The summed E-state index contributed by atoms with van der Waals surface area (Å²) < 4.78 is 49.2. The Morgan fingerprint density at radius 1 is 0.811 bits per heavy atom. The number of carbonyl (C=O) groups excluding carboxylic acids is 9. The Balaban J connectivity index is 1.06. The monoisotopic (exact) mass is 1330 g/mol. The summed E-state index contributed by atoms with van der Waals surface area (Å²) in [5, 5.41) is 21.2. The first-order valence-corrected chi connectivity index (χ1v) is 32.1. The van der Waals surface area contributed by atoms with Crippen LogP contribution >= 0.6 is 0 Å². The summed E-state index contributed by atoms with van der Waals surface area (Å²) in [5.41, 5.74) is 2.97. The molecule has 29 heteroatoms. The Bertz CT molecular complexity index is 3150. The second kappa shape index (κ2) is 39.2. The van der Waals surface area contributed by atoms with Crippen LogP contribution in [-0.2, 0) is 63.8 Å². The van der Waals surface area contributed by atoms with E-state index < -0.39 is 91.5 Å². The highest BCUT2D eigenvalue weighted by molar-refractivity contribution is 6.07. The molecule has 4 heterocycles. The van der Waals surface area contributed by atoms with Crippen LogP contribution in [-0.4, -0.2) is 255 Å². The quantitative estimate of drug-likeness (QED) is 0.0111. The van der Waals surface area contributed by atoms with E-state index in [1.165, 1.54) is 19.4 Å². The third kappa shape index (κ3) is 26.2. The van der Waals surface area contributed by atoms with Gasteiger partial charge in [0.1, 0.15) is 31.3 Å². The average Bonchev–Trinajstić information content (AvgIpc) is 1.68. The fourth-order valence-electron chi connectivity index (χ4n) is 11.5. The number of carbonyl (C=O) groups is 10. The van der Waals surface area contributed by atoms with Crippen molar-refractivity contribution in [2.24, 2.45) is 10.9 Å². The molecule has 27 nitrogen and oxygen atoms in total. The number of nitrogens with one attached hydrogen (secondary N) is 4. The van der Waals surface area contributed by atoms with E-state index in [9.17, 15) is 61.8 Å². The standard InChI is InChI=1S/C66H90F2N12O15/c1-5-51-38-66(67,68)42-80(51)60(85)39-71-63(89)53-20-24-70-55-19-18-52(36-54(53)55)95-35-9-11-50-21-25-79(26-22-50)65(91)57(37-62(88)92-4)74-64(90)56(12-6-7-23-69-48(3)72-58(83)13-8-10-49-16-14-47(2)15-17-49)73-59(84)40-75-27-28-76(41-61(86)87)30-32-78(44-94-46-82)34-33-77(31-29-75)43-93-45-81/h1,14-20,24,36,45-46,50-51,56-57H,6-13,21-23,25-35,37-44H2,2-4H3,(H,71,89)(H,73,84)(H,74,90)(H,86,87)(H,69,72,83)/t51-,56-,57-/m0/s1. The molecule has 0 unspecified atom stereocenters. The van der Waals surface area contributed by atoms with Gasteiger partial charge in [-0.2, -0.15) is 0 Å². The smallest absolute Gasteiger partial charge is 0.317 e. The lowest BCUT2D eigenvalue weighted by Crippen LogP contribution is -2.56. The number of piperidine rings is 1. The summed E-state index contributed by atoms with van der Waals surface area (Å²) in [6, 6.07) is 11.0. The molecule has 1 aromatic heterocycles. The maximum absolute atomic E-state index is 14.5. The van der Waals surface area contributed by atoms with Crippen LogP contribution in [0.1, 0.15) is 99.0 Å². The molecule has 6 amide bonds. The van der Waals surface area contributed by atoms with Crippen molar-refractivity contribution in [3.05, 3.63) is 71.4 Å². The number of methoxy groups -OCH3 is 1. The summed E-state index contributed by atoms with van der Waals surface area (Å²) >= 11 is 0. The fourth-order valence-corrected chi connectivity index (χ4v) is 11.5. The molecule has 3 saturated heterocycles. The number of hydrogen-bond donors (Lipinski definition) is 5. The molecular formula is C66H90F2N12O15. The lowest BCUT2D eigenvalue weighted by atomic mass is 9.92. The molecule has 2 aromatic carbocycles. The van der Waals surface area contributed by atoms with Gasteiger partial charge in [-0.15, -0.1) is 6.42 Å². The first-order chi connectivity index (χ1) is 45.6. The number of aliphatic imine (C=N–C) groups is 1. The van der Waals surface area contributed by atoms with Crippen LogP contribution < -0.4 is 26.0 Å². The number of likely N-dealkylation sites (tertiary alicyclic amines) is 2. The maximum Gasteiger partial charge on any atom is 0.317 e. The molecule has 0 aliphatic carbocycles. The third-order valence-electron chi connectivity index (χ3n) is 16.8. The van der Waals surface area contributed by atoms with Crippen molar-refractivity contribution in [3.63, 3.8) is 0 Å². The Labute approximate surface area is 552 Å². The first-order valence-electron chi connectivity index (χ1n) is 32.1. The number of aliphatic carboxylic acids is 1. The SMILES string of the molecule is C#C[C@H]1CC(F)(F)CN1C(=O)CNC(=O)c1ccnc2ccc(OCCCC3CCN(C(=O)[C@H](CC(=O)OC)NC(=O)[C@H](CCCCN=C(C)NC(=O)CCCc4ccc(C)cc4)NC(=O)CN4CCN(COC=O)CCN(COC=O)CCN(CC(=O)O)CC4)CC3)cc12. The highest BCUT2D eigenvalue weighted by Crippen LogP contribution is 2.32. The summed E-state index contributed by atoms with van der Waals surface area (Å²) in [4.78, 5) is 148. The van der Waals surface area contributed by atoms with Gasteiger partial charge in [0.05, 0.1) is 69.3 Å². The number of unbranched alkanes of at least 4 members (excludes halogenated alkanes) is 1. The first kappa shape index (κ1) is 75.3. The van der Waals surface area contributed by atoms with Gasteiger partial charge in [0.2, 0.25) is 29.5 Å². The molecule has 5 N–H and O–H groups in total. The number of nitrogens with zero attached hydrogens (tertiary/aromatic N) is 8. The van der Waals surface area contributed by atoms with Crippen LogP contribution in [0.5, 0.6) is 5.75 Å². The molecule has 0 bridgehead atoms. The zero-order valence-corrected chi connectivity index (χ0v) is 54.4. The van der Waals surface area contributed by atoms with Gasteiger partial charge < -0.3 is 55.1 Å². The van der Waals surface area contributed by atoms with E-state index in [-0.39, 0.29) is 83.1 Å². The predicted octanol–water partition coefficient (Wildman–Crippen LogP) is 2.37. The van der Waals surface area contributed by atoms with Crippen LogP contribution in [0.25, 0.3) is 10.9 Å². The topological polar surface area (TPSA) is 321 Å². The highest BCUT2D eigenvalue weighted by Gasteiger charge is 2.46. The van der Waals surface area contributed by atoms with Gasteiger partial charge in [-0.3, -0.25) is 77.5 Å². The predicted molar refractivity (Wildman–Crippen MR) is 344 cm³/mol. The minimum atomic E-state index is -3.12. The second-order valence-corrected chi connectivity index (χ2v) is 24.0. The number of pyridine rings is 1. The molecule has 518 valence electrons. The van der Waals surface area contributed by atoms with E-state index in [4.69, 9.17) is 25.4 Å². The van der Waals surface area contributed by atoms with Crippen LogP contribution in [0.2, 0.25) is 0 Å². The Morgan fingerprint density at radius 3 is 2.09 bits per heavy atom. The van der Waals surface area contributed by atoms with Gasteiger partial charge >= 0.3 is 11.9 Å². The number of alkyl halides is 2. The molecule has 6 rings (SSSR count). The number of hydrogen-bond acceptors (Lipinski definition) is 20. The van der Waals surface area contributed by atoms with Crippen molar-refractivity contribution in [1.29, 1.82) is 0 Å². The number of ether oxygens (including phenoxy) is 4. The summed E-state index contributed by atoms with van der Waals surface area (Å²) in [5.74, 6) is -4.96. The Hall–Kier alpha value is -8.72. The Morgan fingerprint density at radius 2 is 1.46 bits per heavy atom. The van der Waals surface area contributed by atoms with Crippen LogP contribution in [0.15, 0.2) is 59.7 Å². The number of carboxylic acids is 1. The molecule has 0 radical (unpaired) electrons. The van der Waals surface area contributed by atoms with Crippen molar-refractivity contribution in [2.45, 2.75) is 115 Å². The second-order valence-electron chi connectivity index (χ2n) is 24.0. The number of terminal acetylenes is 1. The lowest BCUT2D eigenvalue weighted by molar-refractivity contribution is -0.147. The van der Waals surface area contributed by atoms with Crippen LogP contribution in [0.3, 0.4) is 0 Å². The molecule has 3 atom stereocenters. The van der Waals surface area contributed by atoms with E-state index >= 15 is 0 Å². The number of aromatic nitrogens is 1. The molecule has 0 spiro atoms. The van der Waals surface area contributed by atoms with Crippen molar-refractivity contribution in [2.75, 3.05) is 125 Å². The van der Waals surface area contributed by atoms with Gasteiger partial charge in [-0.25, -0.2) is 8.78 Å². The molecule has 3 fully saturated rings. The van der Waals surface area contributed by atoms with E-state index in [1.54, 1.807) is 39.8 Å². The minimum Gasteiger partial charge on any atom is -0.494 e. The number of halogens is 2. The van der Waals surface area contributed by atoms with Crippen molar-refractivity contribution in [1.82, 2.24) is 55.7 Å². The van der Waals surface area contributed by atoms with Crippen molar-refractivity contribution in [3.8, 4) is 18.1 Å². The number of aryl methyl sites for hydroxylation is 2. The van der Waals surface area contributed by atoms with Crippen molar-refractivity contribution >= 4 is 77.1 Å². The van der Waals surface area contributed by atoms with E-state index in [2.05, 4.69) is 37.2 Å². The van der Waals surface area contributed by atoms with Crippen LogP contribution in [0.4, 0.5) is 8.78 Å². The molecule has 95 heavy (non-hydrogen) atoms. The van der Waals surface area contributed by atoms with Gasteiger partial charge in [0, 0.05) is 96.4 Å². The van der Waals surface area contributed by atoms with E-state index in [1.807, 2.05) is 41.0 Å². The summed E-state index contributed by atoms with van der Waals surface area (Å²) in [6.45, 7) is 5.79. The number of esters is 1. The molecule has 3 aliphatic heterocycles. The number of benzene rings is 2. The Kier molecular flexibility index (Phi) is 31.1. The van der Waals surface area contributed by atoms with Crippen molar-refractivity contribution < 1.29 is 80.8 Å². The normalized spacial score (nSPS) is 17.8. The van der Waals surface area contributed by atoms with Gasteiger partial charge in [0.25, 0.3) is 24.8 Å². The molecule has 3 aliphatic rings. The number of amidine groups is 1. The maximum atomic E-state index is 14.5. The largest absolute Gasteiger partial charge is 0.494 e. The van der Waals surface area contributed by atoms with Gasteiger partial charge in [0.15, 0.2) is 0 Å². The van der Waals surface area contributed by atoms with Gasteiger partial charge in [-0.1, -0.05) is 35.7 Å². The van der Waals surface area contributed by atoms with E-state index in [0.717, 1.165) is 28.9 Å². The minimum absolute atomic E-state index is 0.0440. The average molecular weight is 1330 g/mol. The number of amides is 6. The summed E-state index contributed by atoms with van der Waals surface area (Å²) in [7, 11) is 1.17. The molecule has 3 aromatic rings. The number of rotatable bonds is 33. The number of fused-ring (bicyclic) bond motifs is 1. The zero-order valence-electron chi connectivity index (χ0n) is 54.4. The third-order valence-corrected chi connectivity index (χ3v) is 16.8. The lowest BCUT2D eigenvalue weighted by Gasteiger charge is -2.34. The molecular weight excluding hydrogens is 1240 g/mol. The fraction of sp³-hybridized carbons (Fsp3) is 0.576. The van der Waals surface area contributed by atoms with Crippen LogP contribution in [0, 0.1) is 25.2 Å². The number of carboxylic acid groups (broad SMARTS) is 1. The van der Waals surface area contributed by atoms with Gasteiger partial charge in [-0.05, 0) is 107 Å². The highest BCUT2D eigenvalue weighted by atomic mass is 19.3. The molecule has 0 saturated carbocycles. The zero-order chi connectivity index (χ0) is 68.7. The van der Waals surface area contributed by atoms with E-state index in [0.29, 0.717) is 126 Å².